The highest BCUT2D eigenvalue weighted by Crippen LogP contribution is 2.17. The first-order chi connectivity index (χ1) is 16.5. The lowest BCUT2D eigenvalue weighted by Gasteiger charge is -2.25. The van der Waals surface area contributed by atoms with E-state index >= 15 is 0 Å². The molecule has 36 heavy (non-hydrogen) atoms. The highest BCUT2D eigenvalue weighted by atomic mass is 16.6. The number of carboxylic acid groups (broad SMARTS) is 1. The Hall–Kier alpha value is -3.22. The second-order valence-corrected chi connectivity index (χ2v) is 9.63. The van der Waals surface area contributed by atoms with Gasteiger partial charge in [0.1, 0.15) is 17.7 Å². The zero-order valence-electron chi connectivity index (χ0n) is 21.8. The predicted octanol–water partition coefficient (Wildman–Crippen LogP) is 0.0877. The second-order valence-electron chi connectivity index (χ2n) is 9.63. The number of hydrogen-bond donors (Lipinski definition) is 6. The maximum atomic E-state index is 12.7. The third-order valence-electron chi connectivity index (χ3n) is 5.12. The Kier molecular flexibility index (Phi) is 13.7. The minimum Gasteiger partial charge on any atom is -0.480 e. The van der Waals surface area contributed by atoms with Crippen LogP contribution in [0.5, 0.6) is 0 Å². The van der Waals surface area contributed by atoms with E-state index in [1.807, 2.05) is 6.92 Å². The number of primary amides is 1. The molecule has 13 nitrogen and oxygen atoms in total. The summed E-state index contributed by atoms with van der Waals surface area (Å²) in [6.45, 7) is 8.51. The normalized spacial score (nSPS) is 14.5. The van der Waals surface area contributed by atoms with Gasteiger partial charge in [-0.25, -0.2) is 9.59 Å². The molecule has 0 aromatic rings. The maximum Gasteiger partial charge on any atom is 0.408 e. The summed E-state index contributed by atoms with van der Waals surface area (Å²) in [5.41, 5.74) is 8.25. The van der Waals surface area contributed by atoms with Crippen molar-refractivity contribution in [1.29, 1.82) is 0 Å². The number of nitrogens with two attached hydrogens (primary N) is 2. The molecule has 0 saturated carbocycles. The van der Waals surface area contributed by atoms with Crippen LogP contribution in [0.4, 0.5) is 4.79 Å². The molecule has 0 saturated heterocycles. The van der Waals surface area contributed by atoms with Gasteiger partial charge in [-0.2, -0.15) is 0 Å². The van der Waals surface area contributed by atoms with Crippen LogP contribution in [0, 0.1) is 0 Å². The summed E-state index contributed by atoms with van der Waals surface area (Å²) in [6.07, 6.45) is 0.0717. The van der Waals surface area contributed by atoms with Gasteiger partial charge in [0.05, 0.1) is 0 Å². The fourth-order valence-electron chi connectivity index (χ4n) is 3.07. The SMILES string of the molecule is CCCC(=O)NCCCC[C@](N)(C(=O)O)C(=O)CC[C@@H](NC(=O)[C@H](C)NC(=O)OC(C)(C)C)C(N)=O. The van der Waals surface area contributed by atoms with Crippen LogP contribution in [0.3, 0.4) is 0 Å². The van der Waals surface area contributed by atoms with Crippen molar-refractivity contribution in [1.82, 2.24) is 16.0 Å². The first-order valence-electron chi connectivity index (χ1n) is 11.9. The topological polar surface area (TPSA) is 220 Å². The lowest BCUT2D eigenvalue weighted by atomic mass is 9.86. The predicted molar refractivity (Wildman–Crippen MR) is 131 cm³/mol. The van der Waals surface area contributed by atoms with E-state index in [1.54, 1.807) is 20.8 Å². The lowest BCUT2D eigenvalue weighted by Crippen LogP contribution is -2.56. The molecule has 206 valence electrons. The van der Waals surface area contributed by atoms with Gasteiger partial charge in [0.2, 0.25) is 17.7 Å². The Labute approximate surface area is 211 Å². The van der Waals surface area contributed by atoms with Gasteiger partial charge >= 0.3 is 12.1 Å². The number of rotatable bonds is 16. The van der Waals surface area contributed by atoms with Gasteiger partial charge in [0.25, 0.3) is 0 Å². The van der Waals surface area contributed by atoms with Crippen LogP contribution in [0.15, 0.2) is 0 Å². The molecule has 0 unspecified atom stereocenters. The number of aliphatic carboxylic acids is 1. The summed E-state index contributed by atoms with van der Waals surface area (Å²) in [5.74, 6) is -4.15. The minimum atomic E-state index is -2.19. The standard InChI is InChI=1S/C23H41N5O8/c1-6-9-17(30)26-13-8-7-12-23(25,20(33)34)16(29)11-10-15(18(24)31)28-19(32)14(2)27-21(35)36-22(3,4)5/h14-15H,6-13,25H2,1-5H3,(H2,24,31)(H,26,30)(H,27,35)(H,28,32)(H,33,34)/t14-,15+,23+/m0/s1. The van der Waals surface area contributed by atoms with Crippen molar-refractivity contribution in [2.75, 3.05) is 6.54 Å². The summed E-state index contributed by atoms with van der Waals surface area (Å²) >= 11 is 0. The van der Waals surface area contributed by atoms with Crippen LogP contribution in [-0.2, 0) is 28.7 Å². The average molecular weight is 516 g/mol. The maximum absolute atomic E-state index is 12.7. The molecule has 0 aliphatic carbocycles. The third-order valence-corrected chi connectivity index (χ3v) is 5.12. The van der Waals surface area contributed by atoms with Crippen molar-refractivity contribution in [2.24, 2.45) is 11.5 Å². The Bertz CT molecular complexity index is 811. The monoisotopic (exact) mass is 515 g/mol. The number of Topliss-reactive ketones (excluding diaryl/α,β-unsaturated/α-hetero) is 1. The number of ketones is 1. The molecule has 4 amide bonds. The van der Waals surface area contributed by atoms with Gasteiger partial charge in [0.15, 0.2) is 11.3 Å². The molecule has 0 spiro atoms. The Morgan fingerprint density at radius 3 is 2.11 bits per heavy atom. The van der Waals surface area contributed by atoms with E-state index in [2.05, 4.69) is 16.0 Å². The van der Waals surface area contributed by atoms with Crippen LogP contribution in [0.2, 0.25) is 0 Å². The van der Waals surface area contributed by atoms with Gasteiger partial charge < -0.3 is 37.3 Å². The molecule has 0 fully saturated rings. The Morgan fingerprint density at radius 1 is 1.00 bits per heavy atom. The summed E-state index contributed by atoms with van der Waals surface area (Å²) in [5, 5.41) is 16.9. The molecule has 13 heteroatoms. The van der Waals surface area contributed by atoms with E-state index in [9.17, 15) is 33.9 Å². The van der Waals surface area contributed by atoms with E-state index in [0.717, 1.165) is 0 Å². The molecule has 0 radical (unpaired) electrons. The molecule has 3 atom stereocenters. The van der Waals surface area contributed by atoms with Crippen molar-refractivity contribution in [3.8, 4) is 0 Å². The van der Waals surface area contributed by atoms with E-state index in [0.29, 0.717) is 25.8 Å². The minimum absolute atomic E-state index is 0.110. The molecule has 0 aliphatic rings. The second kappa shape index (κ2) is 15.0. The highest BCUT2D eigenvalue weighted by Gasteiger charge is 2.41. The molecule has 8 N–H and O–H groups in total. The van der Waals surface area contributed by atoms with Gasteiger partial charge in [-0.05, 0) is 59.8 Å². The zero-order valence-corrected chi connectivity index (χ0v) is 21.8. The van der Waals surface area contributed by atoms with Crippen LogP contribution >= 0.6 is 0 Å². The number of carbonyl (C=O) groups is 6. The molecular formula is C23H41N5O8. The molecule has 0 aliphatic heterocycles. The number of ether oxygens (including phenoxy) is 1. The summed E-state index contributed by atoms with van der Waals surface area (Å²) in [4.78, 5) is 71.9. The van der Waals surface area contributed by atoms with E-state index in [-0.39, 0.29) is 25.2 Å². The van der Waals surface area contributed by atoms with Gasteiger partial charge in [-0.3, -0.25) is 19.2 Å². The molecule has 0 aromatic carbocycles. The molecular weight excluding hydrogens is 474 g/mol. The number of hydrogen-bond acceptors (Lipinski definition) is 8. The van der Waals surface area contributed by atoms with E-state index in [1.165, 1.54) is 6.92 Å². The number of amides is 4. The smallest absolute Gasteiger partial charge is 0.408 e. The number of nitrogens with one attached hydrogen (secondary N) is 3. The number of unbranched alkanes of at least 4 members (excludes halogenated alkanes) is 1. The zero-order chi connectivity index (χ0) is 28.1. The summed E-state index contributed by atoms with van der Waals surface area (Å²) in [6, 6.07) is -2.38. The third kappa shape index (κ3) is 12.5. The van der Waals surface area contributed by atoms with Gasteiger partial charge in [-0.1, -0.05) is 6.92 Å². The van der Waals surface area contributed by atoms with E-state index < -0.39 is 59.3 Å². The van der Waals surface area contributed by atoms with Crippen LogP contribution in [-0.4, -0.2) is 70.4 Å². The Morgan fingerprint density at radius 2 is 1.61 bits per heavy atom. The van der Waals surface area contributed by atoms with Crippen molar-refractivity contribution in [3.05, 3.63) is 0 Å². The number of carboxylic acids is 1. The summed E-state index contributed by atoms with van der Waals surface area (Å²) in [7, 11) is 0. The molecule has 0 aromatic heterocycles. The van der Waals surface area contributed by atoms with Crippen molar-refractivity contribution in [2.45, 2.75) is 103 Å². The van der Waals surface area contributed by atoms with Gasteiger partial charge in [0, 0.05) is 19.4 Å². The fraction of sp³-hybridized carbons (Fsp3) is 0.739. The molecule has 0 bridgehead atoms. The summed E-state index contributed by atoms with van der Waals surface area (Å²) < 4.78 is 5.06. The Balaban J connectivity index is 4.91. The van der Waals surface area contributed by atoms with Crippen LogP contribution in [0.1, 0.15) is 79.6 Å². The highest BCUT2D eigenvalue weighted by molar-refractivity contribution is 6.07. The van der Waals surface area contributed by atoms with Crippen molar-refractivity contribution in [3.63, 3.8) is 0 Å². The van der Waals surface area contributed by atoms with Gasteiger partial charge in [-0.15, -0.1) is 0 Å². The van der Waals surface area contributed by atoms with Crippen LogP contribution in [0.25, 0.3) is 0 Å². The largest absolute Gasteiger partial charge is 0.480 e. The number of carbonyl (C=O) groups excluding carboxylic acids is 5. The molecule has 0 rings (SSSR count). The van der Waals surface area contributed by atoms with Crippen molar-refractivity contribution >= 4 is 35.6 Å². The first-order valence-corrected chi connectivity index (χ1v) is 11.9. The number of alkyl carbamates (subject to hydrolysis) is 1. The first kappa shape index (κ1) is 32.8. The quantitative estimate of drug-likeness (QED) is 0.121. The molecule has 0 heterocycles. The lowest BCUT2D eigenvalue weighted by molar-refractivity contribution is -0.149. The fourth-order valence-corrected chi connectivity index (χ4v) is 3.07. The average Bonchev–Trinajstić information content (AvgIpc) is 2.73. The van der Waals surface area contributed by atoms with Crippen LogP contribution < -0.4 is 27.4 Å². The van der Waals surface area contributed by atoms with Crippen molar-refractivity contribution < 1.29 is 38.6 Å². The van der Waals surface area contributed by atoms with E-state index in [4.69, 9.17) is 16.2 Å².